The molecule has 0 saturated carbocycles. The van der Waals surface area contributed by atoms with Crippen molar-refractivity contribution in [3.05, 3.63) is 47.5 Å². The lowest BCUT2D eigenvalue weighted by Crippen LogP contribution is -2.01. The van der Waals surface area contributed by atoms with Crippen LogP contribution in [0.3, 0.4) is 0 Å². The van der Waals surface area contributed by atoms with Gasteiger partial charge in [-0.15, -0.1) is 11.3 Å². The van der Waals surface area contributed by atoms with Crippen LogP contribution in [0.4, 0.5) is 0 Å². The fourth-order valence-electron chi connectivity index (χ4n) is 3.54. The van der Waals surface area contributed by atoms with Crippen LogP contribution in [0.15, 0.2) is 41.8 Å². The van der Waals surface area contributed by atoms with E-state index in [0.717, 1.165) is 28.6 Å². The third-order valence-electron chi connectivity index (χ3n) is 4.77. The van der Waals surface area contributed by atoms with E-state index in [2.05, 4.69) is 60.2 Å². The molecule has 0 spiro atoms. The molecule has 4 aromatic rings. The maximum Gasteiger partial charge on any atom is 0.171 e. The minimum Gasteiger partial charge on any atom is -0.325 e. The number of nitrogens with zero attached hydrogens (tertiary/aromatic N) is 3. The number of aryl methyl sites for hydroxylation is 2. The lowest BCUT2D eigenvalue weighted by Gasteiger charge is -2.08. The fourth-order valence-corrected chi connectivity index (χ4v) is 4.20. The predicted molar refractivity (Wildman–Crippen MR) is 107 cm³/mol. The molecule has 128 valence electrons. The van der Waals surface area contributed by atoms with Crippen molar-refractivity contribution < 1.29 is 0 Å². The van der Waals surface area contributed by atoms with Crippen LogP contribution in [0.1, 0.15) is 38.3 Å². The standard InChI is InChI=1S/C21H23N3S/c1-3-4-5-8-13-24-17-11-7-6-10-16(17)19-15(2)22-20(23-21(19)24)18-12-9-14-25-18/h6-7,9-12,14H,3-5,8,13H2,1-2H3. The predicted octanol–water partition coefficient (Wildman–Crippen LogP) is 6.20. The quantitative estimate of drug-likeness (QED) is 0.388. The molecule has 0 radical (unpaired) electrons. The molecule has 3 nitrogen and oxygen atoms in total. The Hall–Kier alpha value is -2.20. The van der Waals surface area contributed by atoms with Gasteiger partial charge in [-0.1, -0.05) is 50.5 Å². The minimum absolute atomic E-state index is 0.845. The number of hydrogen-bond acceptors (Lipinski definition) is 3. The Balaban J connectivity index is 1.89. The molecule has 4 rings (SSSR count). The van der Waals surface area contributed by atoms with E-state index in [-0.39, 0.29) is 0 Å². The summed E-state index contributed by atoms with van der Waals surface area (Å²) in [7, 11) is 0. The third-order valence-corrected chi connectivity index (χ3v) is 5.63. The summed E-state index contributed by atoms with van der Waals surface area (Å²) in [5.41, 5.74) is 3.42. The molecule has 4 heteroatoms. The summed E-state index contributed by atoms with van der Waals surface area (Å²) in [6.45, 7) is 5.38. The fraction of sp³-hybridized carbons (Fsp3) is 0.333. The number of para-hydroxylation sites is 1. The summed E-state index contributed by atoms with van der Waals surface area (Å²) in [4.78, 5) is 10.9. The van der Waals surface area contributed by atoms with Crippen molar-refractivity contribution in [3.63, 3.8) is 0 Å². The average Bonchev–Trinajstić information content (AvgIpc) is 3.26. The van der Waals surface area contributed by atoms with E-state index in [1.54, 1.807) is 11.3 Å². The van der Waals surface area contributed by atoms with Gasteiger partial charge in [0.15, 0.2) is 5.82 Å². The van der Waals surface area contributed by atoms with Crippen molar-refractivity contribution in [2.45, 2.75) is 46.1 Å². The van der Waals surface area contributed by atoms with Crippen LogP contribution in [0.5, 0.6) is 0 Å². The summed E-state index contributed by atoms with van der Waals surface area (Å²) in [5.74, 6) is 0.845. The Morgan fingerprint density at radius 2 is 1.88 bits per heavy atom. The highest BCUT2D eigenvalue weighted by atomic mass is 32.1. The molecule has 3 aromatic heterocycles. The average molecular weight is 350 g/mol. The van der Waals surface area contributed by atoms with Crippen LogP contribution in [-0.4, -0.2) is 14.5 Å². The van der Waals surface area contributed by atoms with Gasteiger partial charge in [0.1, 0.15) is 5.65 Å². The zero-order valence-electron chi connectivity index (χ0n) is 14.8. The van der Waals surface area contributed by atoms with Gasteiger partial charge in [-0.25, -0.2) is 9.97 Å². The number of unbranched alkanes of at least 4 members (excludes halogenated alkanes) is 3. The van der Waals surface area contributed by atoms with Gasteiger partial charge in [-0.05, 0) is 30.9 Å². The molecule has 0 bridgehead atoms. The van der Waals surface area contributed by atoms with Gasteiger partial charge in [-0.2, -0.15) is 0 Å². The van der Waals surface area contributed by atoms with Crippen LogP contribution in [0, 0.1) is 6.92 Å². The Bertz CT molecular complexity index is 999. The smallest absolute Gasteiger partial charge is 0.171 e. The van der Waals surface area contributed by atoms with Crippen molar-refractivity contribution in [2.24, 2.45) is 0 Å². The van der Waals surface area contributed by atoms with Crippen LogP contribution >= 0.6 is 11.3 Å². The summed E-state index contributed by atoms with van der Waals surface area (Å²) in [5, 5.41) is 4.55. The summed E-state index contributed by atoms with van der Waals surface area (Å²) >= 11 is 1.70. The SMILES string of the molecule is CCCCCCn1c2ccccc2c2c(C)nc(-c3cccs3)nc21. The van der Waals surface area contributed by atoms with E-state index >= 15 is 0 Å². The van der Waals surface area contributed by atoms with E-state index in [4.69, 9.17) is 9.97 Å². The van der Waals surface area contributed by atoms with Gasteiger partial charge >= 0.3 is 0 Å². The summed E-state index contributed by atoms with van der Waals surface area (Å²) in [6, 6.07) is 12.8. The molecular weight excluding hydrogens is 326 g/mol. The lowest BCUT2D eigenvalue weighted by molar-refractivity contribution is 0.600. The number of aromatic nitrogens is 3. The molecule has 0 atom stereocenters. The van der Waals surface area contributed by atoms with Crippen molar-refractivity contribution >= 4 is 33.3 Å². The van der Waals surface area contributed by atoms with Gasteiger partial charge in [-0.3, -0.25) is 0 Å². The second-order valence-electron chi connectivity index (χ2n) is 6.54. The van der Waals surface area contributed by atoms with Crippen molar-refractivity contribution in [2.75, 3.05) is 0 Å². The molecule has 0 saturated heterocycles. The monoisotopic (exact) mass is 349 g/mol. The Morgan fingerprint density at radius 3 is 2.68 bits per heavy atom. The number of fused-ring (bicyclic) bond motifs is 3. The van der Waals surface area contributed by atoms with Gasteiger partial charge < -0.3 is 4.57 Å². The number of hydrogen-bond donors (Lipinski definition) is 0. The highest BCUT2D eigenvalue weighted by Crippen LogP contribution is 2.32. The van der Waals surface area contributed by atoms with E-state index < -0.39 is 0 Å². The third kappa shape index (κ3) is 2.95. The van der Waals surface area contributed by atoms with Crippen LogP contribution in [-0.2, 0) is 6.54 Å². The zero-order chi connectivity index (χ0) is 17.2. The zero-order valence-corrected chi connectivity index (χ0v) is 15.6. The van der Waals surface area contributed by atoms with E-state index in [1.165, 1.54) is 42.0 Å². The summed E-state index contributed by atoms with van der Waals surface area (Å²) in [6.07, 6.45) is 5.02. The van der Waals surface area contributed by atoms with Gasteiger partial charge in [0, 0.05) is 17.3 Å². The van der Waals surface area contributed by atoms with Gasteiger partial charge in [0.05, 0.1) is 16.1 Å². The maximum atomic E-state index is 4.98. The van der Waals surface area contributed by atoms with E-state index in [0.29, 0.717) is 0 Å². The van der Waals surface area contributed by atoms with Crippen LogP contribution in [0.2, 0.25) is 0 Å². The molecular formula is C21H23N3S. The molecule has 25 heavy (non-hydrogen) atoms. The molecule has 0 aliphatic carbocycles. The maximum absolute atomic E-state index is 4.98. The molecule has 3 heterocycles. The van der Waals surface area contributed by atoms with Crippen molar-refractivity contribution in [3.8, 4) is 10.7 Å². The first-order valence-corrected chi connectivity index (χ1v) is 9.97. The molecule has 0 amide bonds. The second kappa shape index (κ2) is 6.96. The number of rotatable bonds is 6. The molecule has 0 aliphatic rings. The Labute approximate surface area is 152 Å². The first kappa shape index (κ1) is 16.3. The highest BCUT2D eigenvalue weighted by molar-refractivity contribution is 7.13. The molecule has 0 unspecified atom stereocenters. The van der Waals surface area contributed by atoms with Crippen LogP contribution < -0.4 is 0 Å². The topological polar surface area (TPSA) is 30.7 Å². The number of benzene rings is 1. The lowest BCUT2D eigenvalue weighted by atomic mass is 10.2. The first-order valence-electron chi connectivity index (χ1n) is 9.09. The van der Waals surface area contributed by atoms with E-state index in [9.17, 15) is 0 Å². The molecule has 1 aromatic carbocycles. The second-order valence-corrected chi connectivity index (χ2v) is 7.49. The number of thiophene rings is 1. The van der Waals surface area contributed by atoms with Crippen LogP contribution in [0.25, 0.3) is 32.6 Å². The van der Waals surface area contributed by atoms with Gasteiger partial charge in [0.2, 0.25) is 0 Å². The van der Waals surface area contributed by atoms with Gasteiger partial charge in [0.25, 0.3) is 0 Å². The van der Waals surface area contributed by atoms with Crippen molar-refractivity contribution in [1.82, 2.24) is 14.5 Å². The molecule has 0 fully saturated rings. The summed E-state index contributed by atoms with van der Waals surface area (Å²) < 4.78 is 2.39. The van der Waals surface area contributed by atoms with E-state index in [1.807, 2.05) is 0 Å². The highest BCUT2D eigenvalue weighted by Gasteiger charge is 2.16. The Kier molecular flexibility index (Phi) is 4.53. The van der Waals surface area contributed by atoms with Crippen molar-refractivity contribution in [1.29, 1.82) is 0 Å². The molecule has 0 aliphatic heterocycles. The Morgan fingerprint density at radius 1 is 1.00 bits per heavy atom. The largest absolute Gasteiger partial charge is 0.325 e. The minimum atomic E-state index is 0.845. The first-order chi connectivity index (χ1) is 12.3. The normalized spacial score (nSPS) is 11.6. The molecule has 0 N–H and O–H groups in total.